The molecule has 23 heavy (non-hydrogen) atoms. The number of rotatable bonds is 6. The molecule has 126 valence electrons. The Morgan fingerprint density at radius 1 is 1.35 bits per heavy atom. The van der Waals surface area contributed by atoms with Gasteiger partial charge in [-0.1, -0.05) is 26.0 Å². The SMILES string of the molecule is CCC(C)C(=O)Nc1cccc(CNC(=O)C2(C)CC2(Cl)Cl)c1. The van der Waals surface area contributed by atoms with E-state index in [1.54, 1.807) is 6.92 Å². The van der Waals surface area contributed by atoms with Crippen LogP contribution in [0.25, 0.3) is 0 Å². The third-order valence-corrected chi connectivity index (χ3v) is 5.57. The second-order valence-corrected chi connectivity index (χ2v) is 7.88. The molecule has 2 atom stereocenters. The number of anilines is 1. The van der Waals surface area contributed by atoms with Crippen molar-refractivity contribution in [1.29, 1.82) is 0 Å². The molecule has 1 aliphatic carbocycles. The maximum absolute atomic E-state index is 12.2. The monoisotopic (exact) mass is 356 g/mol. The van der Waals surface area contributed by atoms with Crippen molar-refractivity contribution >= 4 is 40.7 Å². The highest BCUT2D eigenvalue weighted by molar-refractivity contribution is 6.53. The van der Waals surface area contributed by atoms with Crippen molar-refractivity contribution in [3.05, 3.63) is 29.8 Å². The number of hydrogen-bond acceptors (Lipinski definition) is 2. The molecule has 0 radical (unpaired) electrons. The Balaban J connectivity index is 1.93. The van der Waals surface area contributed by atoms with Gasteiger partial charge in [0.1, 0.15) is 4.33 Å². The second-order valence-electron chi connectivity index (χ2n) is 6.39. The number of carbonyl (C=O) groups excluding carboxylic acids is 2. The maximum atomic E-state index is 12.2. The second kappa shape index (κ2) is 6.70. The zero-order valence-electron chi connectivity index (χ0n) is 13.6. The molecule has 4 nitrogen and oxygen atoms in total. The lowest BCUT2D eigenvalue weighted by Crippen LogP contribution is -2.32. The van der Waals surface area contributed by atoms with Crippen LogP contribution in [0.1, 0.15) is 39.2 Å². The van der Waals surface area contributed by atoms with E-state index in [2.05, 4.69) is 10.6 Å². The third-order valence-electron chi connectivity index (χ3n) is 4.47. The Morgan fingerprint density at radius 3 is 2.57 bits per heavy atom. The summed E-state index contributed by atoms with van der Waals surface area (Å²) in [5.41, 5.74) is 0.904. The summed E-state index contributed by atoms with van der Waals surface area (Å²) in [6.45, 7) is 5.99. The van der Waals surface area contributed by atoms with Gasteiger partial charge in [-0.05, 0) is 37.5 Å². The highest BCUT2D eigenvalue weighted by atomic mass is 35.5. The summed E-state index contributed by atoms with van der Waals surface area (Å²) in [4.78, 5) is 24.1. The van der Waals surface area contributed by atoms with Gasteiger partial charge in [-0.25, -0.2) is 0 Å². The highest BCUT2D eigenvalue weighted by Crippen LogP contribution is 2.63. The minimum atomic E-state index is -0.969. The molecule has 2 amide bonds. The van der Waals surface area contributed by atoms with Crippen LogP contribution in [-0.4, -0.2) is 16.1 Å². The van der Waals surface area contributed by atoms with Crippen molar-refractivity contribution in [3.63, 3.8) is 0 Å². The molecule has 1 aliphatic rings. The summed E-state index contributed by atoms with van der Waals surface area (Å²) in [5, 5.41) is 5.73. The van der Waals surface area contributed by atoms with Crippen LogP contribution in [0.4, 0.5) is 5.69 Å². The van der Waals surface area contributed by atoms with Gasteiger partial charge in [0.05, 0.1) is 5.41 Å². The van der Waals surface area contributed by atoms with Crippen LogP contribution in [-0.2, 0) is 16.1 Å². The van der Waals surface area contributed by atoms with E-state index < -0.39 is 9.75 Å². The lowest BCUT2D eigenvalue weighted by atomic mass is 10.1. The topological polar surface area (TPSA) is 58.2 Å². The van der Waals surface area contributed by atoms with Gasteiger partial charge in [0.2, 0.25) is 11.8 Å². The summed E-state index contributed by atoms with van der Waals surface area (Å²) < 4.78 is -0.969. The molecule has 1 aromatic rings. The normalized spacial score (nSPS) is 23.0. The van der Waals surface area contributed by atoms with Gasteiger partial charge in [0, 0.05) is 18.2 Å². The fourth-order valence-corrected chi connectivity index (χ4v) is 2.94. The van der Waals surface area contributed by atoms with Crippen LogP contribution in [0.3, 0.4) is 0 Å². The van der Waals surface area contributed by atoms with Crippen molar-refractivity contribution in [2.45, 2.75) is 44.5 Å². The van der Waals surface area contributed by atoms with Crippen LogP contribution in [0.15, 0.2) is 24.3 Å². The number of benzene rings is 1. The van der Waals surface area contributed by atoms with Crippen molar-refractivity contribution in [2.75, 3.05) is 5.32 Å². The lowest BCUT2D eigenvalue weighted by molar-refractivity contribution is -0.126. The van der Waals surface area contributed by atoms with E-state index in [0.29, 0.717) is 13.0 Å². The smallest absolute Gasteiger partial charge is 0.229 e. The summed E-state index contributed by atoms with van der Waals surface area (Å²) in [6, 6.07) is 7.42. The van der Waals surface area contributed by atoms with E-state index in [9.17, 15) is 9.59 Å². The molecule has 1 aromatic carbocycles. The number of halogens is 2. The minimum absolute atomic E-state index is 0.00626. The molecule has 0 heterocycles. The Kier molecular flexibility index (Phi) is 5.27. The Morgan fingerprint density at radius 2 is 2.00 bits per heavy atom. The van der Waals surface area contributed by atoms with Crippen LogP contribution in [0.5, 0.6) is 0 Å². The molecule has 2 N–H and O–H groups in total. The zero-order valence-corrected chi connectivity index (χ0v) is 15.1. The highest BCUT2D eigenvalue weighted by Gasteiger charge is 2.67. The summed E-state index contributed by atoms with van der Waals surface area (Å²) in [7, 11) is 0. The van der Waals surface area contributed by atoms with E-state index in [1.165, 1.54) is 0 Å². The zero-order chi connectivity index (χ0) is 17.3. The average molecular weight is 357 g/mol. The first-order chi connectivity index (χ1) is 10.7. The standard InChI is InChI=1S/C17H22Cl2N2O2/c1-4-11(2)14(22)21-13-7-5-6-12(8-13)9-20-15(23)16(3)10-17(16,18)19/h5-8,11H,4,9-10H2,1-3H3,(H,20,23)(H,21,22). The average Bonchev–Trinajstić information content (AvgIpc) is 3.04. The molecule has 0 aromatic heterocycles. The van der Waals surface area contributed by atoms with Gasteiger partial charge in [-0.3, -0.25) is 9.59 Å². The van der Waals surface area contributed by atoms with E-state index in [0.717, 1.165) is 17.7 Å². The van der Waals surface area contributed by atoms with Gasteiger partial charge in [0.15, 0.2) is 0 Å². The summed E-state index contributed by atoms with van der Waals surface area (Å²) in [5.74, 6) is -0.196. The van der Waals surface area contributed by atoms with E-state index in [1.807, 2.05) is 38.1 Å². The van der Waals surface area contributed by atoms with Crippen LogP contribution >= 0.6 is 23.2 Å². The van der Waals surface area contributed by atoms with E-state index in [4.69, 9.17) is 23.2 Å². The van der Waals surface area contributed by atoms with E-state index in [-0.39, 0.29) is 17.7 Å². The quantitative estimate of drug-likeness (QED) is 0.760. The van der Waals surface area contributed by atoms with Crippen molar-refractivity contribution in [3.8, 4) is 0 Å². The Labute approximate surface area is 146 Å². The van der Waals surface area contributed by atoms with Gasteiger partial charge >= 0.3 is 0 Å². The number of amides is 2. The van der Waals surface area contributed by atoms with Crippen molar-refractivity contribution in [1.82, 2.24) is 5.32 Å². The molecular weight excluding hydrogens is 335 g/mol. The fourth-order valence-electron chi connectivity index (χ4n) is 2.23. The van der Waals surface area contributed by atoms with Crippen LogP contribution in [0.2, 0.25) is 0 Å². The molecule has 0 bridgehead atoms. The van der Waals surface area contributed by atoms with Gasteiger partial charge in [0.25, 0.3) is 0 Å². The number of alkyl halides is 2. The van der Waals surface area contributed by atoms with Crippen molar-refractivity contribution < 1.29 is 9.59 Å². The molecule has 0 aliphatic heterocycles. The molecule has 6 heteroatoms. The number of carbonyl (C=O) groups is 2. The van der Waals surface area contributed by atoms with E-state index >= 15 is 0 Å². The first kappa shape index (κ1) is 18.1. The number of hydrogen-bond donors (Lipinski definition) is 2. The summed E-state index contributed by atoms with van der Waals surface area (Å²) >= 11 is 12.0. The Hall–Kier alpha value is -1.26. The molecule has 2 unspecified atom stereocenters. The predicted molar refractivity (Wildman–Crippen MR) is 93.5 cm³/mol. The van der Waals surface area contributed by atoms with Gasteiger partial charge in [-0.15, -0.1) is 23.2 Å². The predicted octanol–water partition coefficient (Wildman–Crippen LogP) is 3.87. The molecular formula is C17H22Cl2N2O2. The first-order valence-corrected chi connectivity index (χ1v) is 8.51. The fraction of sp³-hybridized carbons (Fsp3) is 0.529. The van der Waals surface area contributed by atoms with Crippen LogP contribution in [0, 0.1) is 11.3 Å². The minimum Gasteiger partial charge on any atom is -0.351 e. The molecule has 2 rings (SSSR count). The molecule has 0 saturated heterocycles. The van der Waals surface area contributed by atoms with Gasteiger partial charge < -0.3 is 10.6 Å². The van der Waals surface area contributed by atoms with Crippen LogP contribution < -0.4 is 10.6 Å². The summed E-state index contributed by atoms with van der Waals surface area (Å²) in [6.07, 6.45) is 1.25. The molecule has 0 spiro atoms. The van der Waals surface area contributed by atoms with Gasteiger partial charge in [-0.2, -0.15) is 0 Å². The maximum Gasteiger partial charge on any atom is 0.229 e. The largest absolute Gasteiger partial charge is 0.351 e. The molecule has 1 fully saturated rings. The number of nitrogens with one attached hydrogen (secondary N) is 2. The first-order valence-electron chi connectivity index (χ1n) is 7.75. The van der Waals surface area contributed by atoms with Crippen molar-refractivity contribution in [2.24, 2.45) is 11.3 Å². The lowest BCUT2D eigenvalue weighted by Gasteiger charge is -2.14. The third kappa shape index (κ3) is 3.99. The Bertz CT molecular complexity index is 618. The molecule has 1 saturated carbocycles.